The molecule has 1 unspecified atom stereocenters. The molecule has 0 radical (unpaired) electrons. The number of ether oxygens (including phenoxy) is 3. The van der Waals surface area contributed by atoms with E-state index >= 15 is 0 Å². The topological polar surface area (TPSA) is 143 Å². The summed E-state index contributed by atoms with van der Waals surface area (Å²) in [5.74, 6) is -1.93. The predicted octanol–water partition coefficient (Wildman–Crippen LogP) is 2.13. The quantitative estimate of drug-likeness (QED) is 0.323. The summed E-state index contributed by atoms with van der Waals surface area (Å²) in [6.45, 7) is -0.365. The molecule has 1 saturated heterocycles. The summed E-state index contributed by atoms with van der Waals surface area (Å²) in [6, 6.07) is 16.3. The molecule has 1 aliphatic rings. The Bertz CT molecular complexity index is 1130. The SMILES string of the molecule is O=C(OC[C@H]1OC(n2ccnc2[N+](=O)[O-])[C@@H](O)[C@@H]1OC(=O)c1ccccc1)c1ccccc1. The van der Waals surface area contributed by atoms with Gasteiger partial charge in [-0.1, -0.05) is 41.4 Å². The van der Waals surface area contributed by atoms with Gasteiger partial charge in [0.2, 0.25) is 6.23 Å². The highest BCUT2D eigenvalue weighted by Gasteiger charge is 2.50. The van der Waals surface area contributed by atoms with Crippen LogP contribution in [0.4, 0.5) is 5.95 Å². The van der Waals surface area contributed by atoms with Gasteiger partial charge in [-0.3, -0.25) is 0 Å². The number of carbonyl (C=O) groups excluding carboxylic acids is 2. The third kappa shape index (κ3) is 4.73. The summed E-state index contributed by atoms with van der Waals surface area (Å²) in [5.41, 5.74) is 0.539. The third-order valence-electron chi connectivity index (χ3n) is 5.04. The summed E-state index contributed by atoms with van der Waals surface area (Å²) in [7, 11) is 0. The van der Waals surface area contributed by atoms with Crippen molar-refractivity contribution in [2.24, 2.45) is 0 Å². The summed E-state index contributed by atoms with van der Waals surface area (Å²) in [5, 5.41) is 22.1. The molecule has 4 atom stereocenters. The minimum absolute atomic E-state index is 0.238. The van der Waals surface area contributed by atoms with Crippen molar-refractivity contribution >= 4 is 17.9 Å². The molecule has 0 saturated carbocycles. The number of carbonyl (C=O) groups is 2. The largest absolute Gasteiger partial charge is 0.459 e. The second kappa shape index (κ2) is 9.59. The molecule has 33 heavy (non-hydrogen) atoms. The minimum atomic E-state index is -1.49. The molecular formula is C22H19N3O8. The number of esters is 2. The lowest BCUT2D eigenvalue weighted by Crippen LogP contribution is -2.38. The van der Waals surface area contributed by atoms with Gasteiger partial charge < -0.3 is 29.4 Å². The Kier molecular flexibility index (Phi) is 6.43. The van der Waals surface area contributed by atoms with Gasteiger partial charge in [-0.15, -0.1) is 0 Å². The molecule has 1 aliphatic heterocycles. The number of nitrogens with zero attached hydrogens (tertiary/aromatic N) is 3. The van der Waals surface area contributed by atoms with Gasteiger partial charge in [0.05, 0.1) is 11.1 Å². The smallest absolute Gasteiger partial charge is 0.436 e. The van der Waals surface area contributed by atoms with E-state index in [0.29, 0.717) is 5.56 Å². The van der Waals surface area contributed by atoms with Crippen LogP contribution in [-0.2, 0) is 14.2 Å². The van der Waals surface area contributed by atoms with E-state index in [0.717, 1.165) is 4.57 Å². The first-order valence-electron chi connectivity index (χ1n) is 9.94. The monoisotopic (exact) mass is 453 g/mol. The Morgan fingerprint density at radius 3 is 2.27 bits per heavy atom. The Morgan fingerprint density at radius 1 is 1.06 bits per heavy atom. The maximum Gasteiger partial charge on any atom is 0.436 e. The van der Waals surface area contributed by atoms with Crippen LogP contribution in [0.1, 0.15) is 26.9 Å². The molecule has 3 aromatic rings. The van der Waals surface area contributed by atoms with Crippen LogP contribution >= 0.6 is 0 Å². The number of benzene rings is 2. The van der Waals surface area contributed by atoms with E-state index in [1.165, 1.54) is 24.5 Å². The average Bonchev–Trinajstić information content (AvgIpc) is 3.44. The Labute approximate surface area is 187 Å². The van der Waals surface area contributed by atoms with Crippen molar-refractivity contribution in [2.75, 3.05) is 6.61 Å². The zero-order chi connectivity index (χ0) is 23.4. The Hall–Kier alpha value is -4.09. The van der Waals surface area contributed by atoms with Crippen molar-refractivity contribution in [1.82, 2.24) is 9.55 Å². The second-order valence-electron chi connectivity index (χ2n) is 7.15. The molecule has 2 heterocycles. The van der Waals surface area contributed by atoms with E-state index in [-0.39, 0.29) is 12.2 Å². The average molecular weight is 453 g/mol. The zero-order valence-corrected chi connectivity index (χ0v) is 17.1. The highest BCUT2D eigenvalue weighted by Crippen LogP contribution is 2.34. The second-order valence-corrected chi connectivity index (χ2v) is 7.15. The molecule has 170 valence electrons. The molecule has 2 aromatic carbocycles. The number of hydrogen-bond donors (Lipinski definition) is 1. The van der Waals surface area contributed by atoms with Gasteiger partial charge in [-0.2, -0.15) is 4.57 Å². The van der Waals surface area contributed by atoms with E-state index < -0.39 is 47.4 Å². The molecule has 11 nitrogen and oxygen atoms in total. The first-order chi connectivity index (χ1) is 16.0. The van der Waals surface area contributed by atoms with Crippen LogP contribution < -0.4 is 0 Å². The fraction of sp³-hybridized carbons (Fsp3) is 0.227. The van der Waals surface area contributed by atoms with Crippen molar-refractivity contribution in [1.29, 1.82) is 0 Å². The molecule has 1 aromatic heterocycles. The Morgan fingerprint density at radius 2 is 1.67 bits per heavy atom. The van der Waals surface area contributed by atoms with Crippen LogP contribution in [0.15, 0.2) is 73.1 Å². The maximum absolute atomic E-state index is 12.6. The zero-order valence-electron chi connectivity index (χ0n) is 17.1. The lowest BCUT2D eigenvalue weighted by molar-refractivity contribution is -0.398. The van der Waals surface area contributed by atoms with Crippen LogP contribution in [0.5, 0.6) is 0 Å². The van der Waals surface area contributed by atoms with E-state index in [1.807, 2.05) is 0 Å². The number of aromatic nitrogens is 2. The summed E-state index contributed by atoms with van der Waals surface area (Å²) in [6.07, 6.45) is -2.70. The number of aliphatic hydroxyl groups excluding tert-OH is 1. The van der Waals surface area contributed by atoms with Gasteiger partial charge in [-0.25, -0.2) is 9.59 Å². The molecule has 1 N–H and O–H groups in total. The first-order valence-corrected chi connectivity index (χ1v) is 9.94. The van der Waals surface area contributed by atoms with Gasteiger partial charge in [0.25, 0.3) is 0 Å². The van der Waals surface area contributed by atoms with Gasteiger partial charge in [0, 0.05) is 0 Å². The maximum atomic E-state index is 12.6. The van der Waals surface area contributed by atoms with Gasteiger partial charge in [0.1, 0.15) is 25.1 Å². The van der Waals surface area contributed by atoms with Gasteiger partial charge in [0.15, 0.2) is 12.2 Å². The standard InChI is InChI=1S/C22H19N3O8/c26-17-18(33-21(28)15-9-5-2-6-10-15)16(13-31-20(27)14-7-3-1-4-8-14)32-19(17)24-12-11-23-22(24)25(29)30/h1-12,16-19,26H,13H2/t16-,17+,18-,19?/m1/s1. The Balaban J connectivity index is 1.55. The molecule has 4 rings (SSSR count). The molecular weight excluding hydrogens is 434 g/mol. The molecule has 0 spiro atoms. The van der Waals surface area contributed by atoms with Gasteiger partial charge >= 0.3 is 17.9 Å². The number of aliphatic hydroxyl groups is 1. The molecule has 0 bridgehead atoms. The van der Waals surface area contributed by atoms with E-state index in [1.54, 1.807) is 48.5 Å². The van der Waals surface area contributed by atoms with Crippen LogP contribution in [0.25, 0.3) is 0 Å². The molecule has 0 amide bonds. The van der Waals surface area contributed by atoms with Crippen LogP contribution in [0, 0.1) is 10.1 Å². The van der Waals surface area contributed by atoms with Gasteiger partial charge in [-0.05, 0) is 29.2 Å². The lowest BCUT2D eigenvalue weighted by Gasteiger charge is -2.20. The minimum Gasteiger partial charge on any atom is -0.459 e. The normalized spacial score (nSPS) is 22.0. The highest BCUT2D eigenvalue weighted by molar-refractivity contribution is 5.90. The van der Waals surface area contributed by atoms with Crippen LogP contribution in [0.2, 0.25) is 0 Å². The van der Waals surface area contributed by atoms with Crippen LogP contribution in [-0.4, -0.2) is 56.4 Å². The third-order valence-corrected chi connectivity index (χ3v) is 5.04. The fourth-order valence-corrected chi connectivity index (χ4v) is 3.46. The van der Waals surface area contributed by atoms with Crippen molar-refractivity contribution in [3.05, 3.63) is 94.3 Å². The van der Waals surface area contributed by atoms with Crippen molar-refractivity contribution in [3.63, 3.8) is 0 Å². The number of hydrogen-bond acceptors (Lipinski definition) is 9. The van der Waals surface area contributed by atoms with Crippen molar-refractivity contribution in [2.45, 2.75) is 24.5 Å². The summed E-state index contributed by atoms with van der Waals surface area (Å²) in [4.78, 5) is 39.1. The molecule has 11 heteroatoms. The lowest BCUT2D eigenvalue weighted by atomic mass is 10.1. The van der Waals surface area contributed by atoms with Crippen LogP contribution in [0.3, 0.4) is 0 Å². The molecule has 0 aliphatic carbocycles. The van der Waals surface area contributed by atoms with E-state index in [2.05, 4.69) is 4.98 Å². The van der Waals surface area contributed by atoms with E-state index in [9.17, 15) is 24.8 Å². The van der Waals surface area contributed by atoms with E-state index in [4.69, 9.17) is 14.2 Å². The number of nitro groups is 1. The number of imidazole rings is 1. The summed E-state index contributed by atoms with van der Waals surface area (Å²) < 4.78 is 17.6. The van der Waals surface area contributed by atoms with Crippen molar-refractivity contribution in [3.8, 4) is 0 Å². The molecule has 1 fully saturated rings. The first kappa shape index (κ1) is 22.1. The fourth-order valence-electron chi connectivity index (χ4n) is 3.46. The van der Waals surface area contributed by atoms with Crippen molar-refractivity contribution < 1.29 is 33.8 Å². The highest BCUT2D eigenvalue weighted by atomic mass is 16.6. The number of rotatable bonds is 7. The predicted molar refractivity (Wildman–Crippen MR) is 111 cm³/mol. The summed E-state index contributed by atoms with van der Waals surface area (Å²) >= 11 is 0.